The molecule has 0 saturated carbocycles. The molecule has 12 heteroatoms. The predicted molar refractivity (Wildman–Crippen MR) is 279 cm³/mol. The number of H-pyrrole nitrogens is 2. The largest absolute Gasteiger partial charge is 0.354 e. The van der Waals surface area contributed by atoms with Crippen LogP contribution in [0.3, 0.4) is 0 Å². The number of amides is 4. The van der Waals surface area contributed by atoms with Crippen LogP contribution in [-0.2, 0) is 0 Å². The molecule has 6 N–H and O–H groups in total. The zero-order valence-corrected chi connectivity index (χ0v) is 37.1. The minimum atomic E-state index is -0.501. The summed E-state index contributed by atoms with van der Waals surface area (Å²) in [6.07, 6.45) is 7.95. The summed E-state index contributed by atoms with van der Waals surface area (Å²) in [6.45, 7) is 0. The molecule has 0 aliphatic carbocycles. The van der Waals surface area contributed by atoms with E-state index in [-0.39, 0.29) is 0 Å². The highest BCUT2D eigenvalue weighted by atomic mass is 19.1. The number of rotatable bonds is 8. The Morgan fingerprint density at radius 1 is 0.357 bits per heavy atom. The van der Waals surface area contributed by atoms with Gasteiger partial charge in [-0.05, 0) is 120 Å². The lowest BCUT2D eigenvalue weighted by molar-refractivity contribution is 0.261. The van der Waals surface area contributed by atoms with Gasteiger partial charge in [0.25, 0.3) is 0 Å². The molecule has 0 unspecified atom stereocenters. The van der Waals surface area contributed by atoms with Gasteiger partial charge in [-0.1, -0.05) is 97.1 Å². The zero-order valence-electron chi connectivity index (χ0n) is 37.1. The van der Waals surface area contributed by atoms with Gasteiger partial charge in [0.15, 0.2) is 0 Å². The van der Waals surface area contributed by atoms with E-state index in [1.165, 1.54) is 48.5 Å². The lowest BCUT2D eigenvalue weighted by atomic mass is 10.0. The number of fused-ring (bicyclic) bond motifs is 8. The van der Waals surface area contributed by atoms with E-state index in [4.69, 9.17) is 9.97 Å². The second-order valence-corrected chi connectivity index (χ2v) is 16.5. The quantitative estimate of drug-likeness (QED) is 0.0903. The van der Waals surface area contributed by atoms with E-state index in [9.17, 15) is 18.4 Å². The van der Waals surface area contributed by atoms with Crippen molar-refractivity contribution < 1.29 is 18.4 Å². The molecule has 5 heterocycles. The van der Waals surface area contributed by atoms with Gasteiger partial charge in [-0.3, -0.25) is 0 Å². The molecule has 0 saturated heterocycles. The van der Waals surface area contributed by atoms with Crippen molar-refractivity contribution >= 4 is 81.2 Å². The van der Waals surface area contributed by atoms with Crippen LogP contribution in [0.4, 0.5) is 41.1 Å². The Morgan fingerprint density at radius 2 is 0.686 bits per heavy atom. The first-order valence-electron chi connectivity index (χ1n) is 22.4. The maximum absolute atomic E-state index is 13.7. The molecule has 0 atom stereocenters. The van der Waals surface area contributed by atoms with Crippen LogP contribution in [0.15, 0.2) is 182 Å². The highest BCUT2D eigenvalue weighted by molar-refractivity contribution is 6.07. The number of carbonyl (C=O) groups excluding carboxylic acids is 2. The molecule has 10 nitrogen and oxygen atoms in total. The van der Waals surface area contributed by atoms with Gasteiger partial charge in [0.1, 0.15) is 11.6 Å². The highest BCUT2D eigenvalue weighted by Crippen LogP contribution is 2.41. The van der Waals surface area contributed by atoms with Crippen molar-refractivity contribution in [1.82, 2.24) is 19.9 Å². The van der Waals surface area contributed by atoms with E-state index in [1.807, 2.05) is 158 Å². The average Bonchev–Trinajstić information content (AvgIpc) is 4.23. The van der Waals surface area contributed by atoms with Crippen molar-refractivity contribution in [1.29, 1.82) is 0 Å². The number of anilines is 4. The third-order valence-electron chi connectivity index (χ3n) is 12.0. The van der Waals surface area contributed by atoms with E-state index in [1.54, 1.807) is 0 Å². The first kappa shape index (κ1) is 42.9. The van der Waals surface area contributed by atoms with E-state index >= 15 is 0 Å². The van der Waals surface area contributed by atoms with Crippen LogP contribution in [-0.4, -0.2) is 32.0 Å². The topological polar surface area (TPSA) is 140 Å². The summed E-state index contributed by atoms with van der Waals surface area (Å²) in [4.78, 5) is 45.4. The van der Waals surface area contributed by atoms with Gasteiger partial charge >= 0.3 is 12.1 Å². The van der Waals surface area contributed by atoms with E-state index in [0.29, 0.717) is 56.7 Å². The van der Waals surface area contributed by atoms with Gasteiger partial charge in [0.05, 0.1) is 34.2 Å². The Kier molecular flexibility index (Phi) is 11.4. The van der Waals surface area contributed by atoms with Crippen LogP contribution in [0.1, 0.15) is 22.8 Å². The third-order valence-corrected chi connectivity index (χ3v) is 12.0. The fourth-order valence-corrected chi connectivity index (χ4v) is 8.85. The number of nitrogens with zero attached hydrogens (tertiary/aromatic N) is 2. The zero-order chi connectivity index (χ0) is 47.6. The number of hydrogen-bond acceptors (Lipinski definition) is 4. The van der Waals surface area contributed by atoms with Crippen LogP contribution < -0.4 is 21.3 Å². The fourth-order valence-electron chi connectivity index (χ4n) is 8.85. The molecular weight excluding hydrogens is 879 g/mol. The second-order valence-electron chi connectivity index (χ2n) is 16.5. The number of aromatic nitrogens is 4. The normalized spacial score (nSPS) is 11.6. The standard InChI is InChI=1S/C58H40F2N8O2/c59-37-19-23-39(24-20-37)61-57(69)67-43-17-9-7-15-41(43)55-49-31-27-45(63-49)53(35-11-3-1-4-12-35)46-28-32-50(64-46)56(42-16-8-10-18-44(42)68-58(70)62-40-25-21-38(60)22-26-40)52-34-30-48(66-52)54(36-13-5-2-6-14-36)47-29-33-51(55)65-47/h1-34,63,66H,(H2,61,67,69)(H2,62,68,70). The number of nitrogens with one attached hydrogen (secondary N) is 6. The summed E-state index contributed by atoms with van der Waals surface area (Å²) < 4.78 is 27.5. The minimum absolute atomic E-state index is 0.406. The molecule has 6 aromatic carbocycles. The summed E-state index contributed by atoms with van der Waals surface area (Å²) in [6, 6.07) is 53.3. The lowest BCUT2D eigenvalue weighted by Gasteiger charge is -2.13. The van der Waals surface area contributed by atoms with Crippen molar-refractivity contribution in [2.75, 3.05) is 21.3 Å². The van der Waals surface area contributed by atoms with Crippen LogP contribution >= 0.6 is 0 Å². The summed E-state index contributed by atoms with van der Waals surface area (Å²) in [5.74, 6) is -0.811. The highest BCUT2D eigenvalue weighted by Gasteiger charge is 2.22. The summed E-state index contributed by atoms with van der Waals surface area (Å²) in [5, 5.41) is 11.7. The summed E-state index contributed by atoms with van der Waals surface area (Å²) >= 11 is 0. The van der Waals surface area contributed by atoms with Gasteiger partial charge in [-0.15, -0.1) is 0 Å². The van der Waals surface area contributed by atoms with Crippen LogP contribution in [0.5, 0.6) is 0 Å². The molecule has 2 aliphatic rings. The van der Waals surface area contributed by atoms with Crippen molar-refractivity contribution in [3.05, 3.63) is 216 Å². The number of aromatic amines is 2. The second kappa shape index (κ2) is 18.5. The molecule has 0 fully saturated rings. The Hall–Kier alpha value is -9.68. The van der Waals surface area contributed by atoms with Gasteiger partial charge in [0.2, 0.25) is 0 Å². The van der Waals surface area contributed by atoms with Gasteiger partial charge in [0, 0.05) is 66.8 Å². The molecule has 0 radical (unpaired) electrons. The maximum Gasteiger partial charge on any atom is 0.323 e. The monoisotopic (exact) mass is 918 g/mol. The van der Waals surface area contributed by atoms with Crippen LogP contribution in [0, 0.1) is 11.6 Å². The van der Waals surface area contributed by atoms with Gasteiger partial charge in [-0.2, -0.15) is 0 Å². The van der Waals surface area contributed by atoms with Crippen LogP contribution in [0.25, 0.3) is 90.9 Å². The minimum Gasteiger partial charge on any atom is -0.354 e. The number of benzene rings is 6. The number of carbonyl (C=O) groups is 2. The van der Waals surface area contributed by atoms with Gasteiger partial charge in [-0.25, -0.2) is 28.3 Å². The summed E-state index contributed by atoms with van der Waals surface area (Å²) in [7, 11) is 0. The van der Waals surface area contributed by atoms with Crippen molar-refractivity contribution in [3.8, 4) is 44.5 Å². The molecule has 8 bridgehead atoms. The number of urea groups is 2. The first-order valence-corrected chi connectivity index (χ1v) is 22.4. The number of para-hydroxylation sites is 2. The Bertz CT molecular complexity index is 3470. The third kappa shape index (κ3) is 8.71. The Morgan fingerprint density at radius 3 is 1.07 bits per heavy atom. The van der Waals surface area contributed by atoms with E-state index < -0.39 is 23.7 Å². The SMILES string of the molecule is O=C(Nc1ccc(F)cc1)Nc1ccccc1-c1c2nc(c(-c3ccccc3)c3ccc([nH]3)c(-c3ccccc3NC(=O)Nc3ccc(F)cc3)c3nc(c(-c4ccccc4)c4ccc1[nH]4)C=C3)C=C2. The van der Waals surface area contributed by atoms with Gasteiger partial charge < -0.3 is 31.2 Å². The molecule has 338 valence electrons. The molecule has 2 aliphatic heterocycles. The smallest absolute Gasteiger partial charge is 0.323 e. The van der Waals surface area contributed by atoms with E-state index in [0.717, 1.165) is 55.4 Å². The van der Waals surface area contributed by atoms with Crippen molar-refractivity contribution in [3.63, 3.8) is 0 Å². The number of hydrogen-bond donors (Lipinski definition) is 6. The molecule has 3 aromatic heterocycles. The van der Waals surface area contributed by atoms with Crippen LogP contribution in [0.2, 0.25) is 0 Å². The first-order chi connectivity index (χ1) is 34.3. The predicted octanol–water partition coefficient (Wildman–Crippen LogP) is 14.9. The molecule has 0 spiro atoms. The lowest BCUT2D eigenvalue weighted by Crippen LogP contribution is -2.19. The fraction of sp³-hybridized carbons (Fsp3) is 0. The maximum atomic E-state index is 13.7. The Labute approximate surface area is 400 Å². The molecule has 11 rings (SSSR count). The molecule has 70 heavy (non-hydrogen) atoms. The summed E-state index contributed by atoms with van der Waals surface area (Å²) in [5.41, 5.74) is 14.0. The van der Waals surface area contributed by atoms with Crippen molar-refractivity contribution in [2.45, 2.75) is 0 Å². The molecule has 9 aromatic rings. The number of halogens is 2. The van der Waals surface area contributed by atoms with Crippen molar-refractivity contribution in [2.24, 2.45) is 0 Å². The van der Waals surface area contributed by atoms with E-state index in [2.05, 4.69) is 31.2 Å². The molecular formula is C58H40F2N8O2. The molecule has 4 amide bonds. The average molecular weight is 919 g/mol. The Balaban J connectivity index is 1.16.